The number of hydrogen-bond acceptors (Lipinski definition) is 5. The van der Waals surface area contributed by atoms with E-state index in [-0.39, 0.29) is 36.1 Å². The van der Waals surface area contributed by atoms with Crippen LogP contribution in [0.1, 0.15) is 35.5 Å². The predicted molar refractivity (Wildman–Crippen MR) is 119 cm³/mol. The minimum atomic E-state index is -4.74. The Balaban J connectivity index is 1.69. The van der Waals surface area contributed by atoms with Gasteiger partial charge in [-0.25, -0.2) is 4.79 Å². The molecule has 1 N–H and O–H groups in total. The van der Waals surface area contributed by atoms with Crippen LogP contribution in [0.15, 0.2) is 48.5 Å². The fraction of sp³-hybridized carbons (Fsp3) is 0.292. The van der Waals surface area contributed by atoms with E-state index in [1.807, 2.05) is 6.92 Å². The third-order valence-corrected chi connectivity index (χ3v) is 4.93. The number of anilines is 1. The first-order chi connectivity index (χ1) is 16.1. The number of alkyl halides is 3. The van der Waals surface area contributed by atoms with Crippen molar-refractivity contribution in [2.45, 2.75) is 33.1 Å². The molecule has 34 heavy (non-hydrogen) atoms. The summed E-state index contributed by atoms with van der Waals surface area (Å²) in [6.45, 7) is 3.76. The Labute approximate surface area is 194 Å². The molecule has 0 saturated carbocycles. The molecule has 0 saturated heterocycles. The highest BCUT2D eigenvalue weighted by atomic mass is 19.4. The first-order valence-corrected chi connectivity index (χ1v) is 10.6. The fourth-order valence-electron chi connectivity index (χ4n) is 3.41. The number of hydrogen-bond donors (Lipinski definition) is 1. The molecule has 0 aliphatic carbocycles. The molecule has 0 radical (unpaired) electrons. The van der Waals surface area contributed by atoms with Gasteiger partial charge in [-0.05, 0) is 42.2 Å². The van der Waals surface area contributed by atoms with Crippen molar-refractivity contribution in [2.75, 3.05) is 11.9 Å². The molecule has 7 nitrogen and oxygen atoms in total. The number of carbonyl (C=O) groups is 2. The van der Waals surface area contributed by atoms with Crippen molar-refractivity contribution in [1.29, 1.82) is 0 Å². The molecule has 2 aromatic carbocycles. The van der Waals surface area contributed by atoms with Crippen LogP contribution in [0.3, 0.4) is 0 Å². The highest BCUT2D eigenvalue weighted by Gasteiger charge is 2.31. The molecule has 1 aromatic heterocycles. The lowest BCUT2D eigenvalue weighted by molar-refractivity contribution is -0.274. The van der Waals surface area contributed by atoms with Crippen LogP contribution in [-0.2, 0) is 29.4 Å². The van der Waals surface area contributed by atoms with Gasteiger partial charge in [-0.15, -0.1) is 13.2 Å². The molecule has 1 amide bonds. The topological polar surface area (TPSA) is 82.5 Å². The van der Waals surface area contributed by atoms with Crippen molar-refractivity contribution in [3.8, 4) is 16.9 Å². The normalized spacial score (nSPS) is 11.2. The molecule has 0 aliphatic heterocycles. The Morgan fingerprint density at radius 2 is 1.59 bits per heavy atom. The highest BCUT2D eigenvalue weighted by Crippen LogP contribution is 2.27. The number of benzene rings is 2. The standard InChI is InChI=1S/C24H24F3N3O4/c1-4-19-21(23(32)33-5-2)22(30(3)29-19)28-20(31)14-15-6-8-16(9-7-15)17-10-12-18(13-11-17)34-24(25,26)27/h6-13H,4-5,14H2,1-3H3,(H,28,31). The van der Waals surface area contributed by atoms with Crippen LogP contribution >= 0.6 is 0 Å². The van der Waals surface area contributed by atoms with Gasteiger partial charge in [0.05, 0.1) is 18.7 Å². The van der Waals surface area contributed by atoms with E-state index in [9.17, 15) is 22.8 Å². The van der Waals surface area contributed by atoms with Gasteiger partial charge in [-0.3, -0.25) is 9.48 Å². The van der Waals surface area contributed by atoms with E-state index in [1.54, 1.807) is 38.2 Å². The second kappa shape index (κ2) is 10.4. The summed E-state index contributed by atoms with van der Waals surface area (Å²) in [5.74, 6) is -0.900. The van der Waals surface area contributed by atoms with Crippen molar-refractivity contribution in [3.63, 3.8) is 0 Å². The third-order valence-electron chi connectivity index (χ3n) is 4.93. The lowest BCUT2D eigenvalue weighted by Crippen LogP contribution is -2.19. The minimum absolute atomic E-state index is 0.0492. The number of amides is 1. The van der Waals surface area contributed by atoms with E-state index in [0.29, 0.717) is 23.2 Å². The zero-order valence-electron chi connectivity index (χ0n) is 18.9. The van der Waals surface area contributed by atoms with Gasteiger partial charge in [-0.2, -0.15) is 5.10 Å². The van der Waals surface area contributed by atoms with Crippen LogP contribution in [0.4, 0.5) is 19.0 Å². The van der Waals surface area contributed by atoms with Gasteiger partial charge in [0, 0.05) is 7.05 Å². The summed E-state index contributed by atoms with van der Waals surface area (Å²) >= 11 is 0. The highest BCUT2D eigenvalue weighted by molar-refractivity contribution is 6.01. The van der Waals surface area contributed by atoms with Crippen molar-refractivity contribution in [1.82, 2.24) is 9.78 Å². The molecular formula is C24H24F3N3O4. The van der Waals surface area contributed by atoms with E-state index in [2.05, 4.69) is 15.2 Å². The van der Waals surface area contributed by atoms with Crippen molar-refractivity contribution in [3.05, 3.63) is 65.4 Å². The maximum absolute atomic E-state index is 12.7. The number of carbonyl (C=O) groups excluding carboxylic acids is 2. The Kier molecular flexibility index (Phi) is 7.60. The summed E-state index contributed by atoms with van der Waals surface area (Å²) in [6, 6.07) is 12.6. The Bertz CT molecular complexity index is 1150. The summed E-state index contributed by atoms with van der Waals surface area (Å²) < 4.78 is 47.3. The average Bonchev–Trinajstić information content (AvgIpc) is 3.09. The maximum atomic E-state index is 12.7. The fourth-order valence-corrected chi connectivity index (χ4v) is 3.41. The van der Waals surface area contributed by atoms with Gasteiger partial charge in [0.25, 0.3) is 0 Å². The number of ether oxygens (including phenoxy) is 2. The third kappa shape index (κ3) is 6.15. The molecule has 10 heteroatoms. The number of aryl methyl sites for hydroxylation is 2. The number of nitrogens with one attached hydrogen (secondary N) is 1. The summed E-state index contributed by atoms with van der Waals surface area (Å²) in [5.41, 5.74) is 2.97. The van der Waals surface area contributed by atoms with Gasteiger partial charge in [0.15, 0.2) is 0 Å². The molecule has 0 atom stereocenters. The summed E-state index contributed by atoms with van der Waals surface area (Å²) in [7, 11) is 1.64. The van der Waals surface area contributed by atoms with Crippen LogP contribution in [0.5, 0.6) is 5.75 Å². The number of nitrogens with zero attached hydrogens (tertiary/aromatic N) is 2. The molecule has 0 spiro atoms. The van der Waals surface area contributed by atoms with Gasteiger partial charge in [-0.1, -0.05) is 43.3 Å². The Morgan fingerprint density at radius 3 is 2.12 bits per heavy atom. The molecule has 3 rings (SSSR count). The quantitative estimate of drug-likeness (QED) is 0.469. The Morgan fingerprint density at radius 1 is 1.00 bits per heavy atom. The summed E-state index contributed by atoms with van der Waals surface area (Å²) in [5, 5.41) is 7.04. The lowest BCUT2D eigenvalue weighted by Gasteiger charge is -2.10. The van der Waals surface area contributed by atoms with E-state index in [4.69, 9.17) is 4.74 Å². The SMILES string of the molecule is CCOC(=O)c1c(CC)nn(C)c1NC(=O)Cc1ccc(-c2ccc(OC(F)(F)F)cc2)cc1. The predicted octanol–water partition coefficient (Wildman–Crippen LogP) is 4.91. The zero-order valence-corrected chi connectivity index (χ0v) is 18.9. The molecule has 0 unspecified atom stereocenters. The van der Waals surface area contributed by atoms with Crippen molar-refractivity contribution < 1.29 is 32.2 Å². The van der Waals surface area contributed by atoms with Crippen molar-refractivity contribution in [2.24, 2.45) is 7.05 Å². The minimum Gasteiger partial charge on any atom is -0.462 e. The number of aromatic nitrogens is 2. The summed E-state index contributed by atoms with van der Waals surface area (Å²) in [4.78, 5) is 25.0. The van der Waals surface area contributed by atoms with Gasteiger partial charge in [0.2, 0.25) is 5.91 Å². The maximum Gasteiger partial charge on any atom is 0.573 e. The van der Waals surface area contributed by atoms with Crippen LogP contribution in [0.2, 0.25) is 0 Å². The average molecular weight is 475 g/mol. The molecule has 3 aromatic rings. The molecule has 0 aliphatic rings. The lowest BCUT2D eigenvalue weighted by atomic mass is 10.0. The summed E-state index contributed by atoms with van der Waals surface area (Å²) in [6.07, 6.45) is -4.19. The van der Waals surface area contributed by atoms with Gasteiger partial charge in [0.1, 0.15) is 17.1 Å². The molecule has 180 valence electrons. The zero-order chi connectivity index (χ0) is 24.9. The van der Waals surface area contributed by atoms with Crippen LogP contribution in [0, 0.1) is 0 Å². The largest absolute Gasteiger partial charge is 0.573 e. The van der Waals surface area contributed by atoms with E-state index >= 15 is 0 Å². The number of esters is 1. The van der Waals surface area contributed by atoms with E-state index in [0.717, 1.165) is 5.56 Å². The second-order valence-electron chi connectivity index (χ2n) is 7.36. The smallest absolute Gasteiger partial charge is 0.462 e. The molecule has 0 fully saturated rings. The molecule has 0 bridgehead atoms. The van der Waals surface area contributed by atoms with E-state index in [1.165, 1.54) is 28.9 Å². The number of halogens is 3. The first kappa shape index (κ1) is 24.8. The first-order valence-electron chi connectivity index (χ1n) is 10.6. The van der Waals surface area contributed by atoms with Crippen molar-refractivity contribution >= 4 is 17.7 Å². The molecule has 1 heterocycles. The van der Waals surface area contributed by atoms with E-state index < -0.39 is 12.3 Å². The van der Waals surface area contributed by atoms with Gasteiger partial charge >= 0.3 is 12.3 Å². The van der Waals surface area contributed by atoms with Crippen LogP contribution in [0.25, 0.3) is 11.1 Å². The van der Waals surface area contributed by atoms with Crippen LogP contribution in [-0.4, -0.2) is 34.6 Å². The van der Waals surface area contributed by atoms with Crippen LogP contribution < -0.4 is 10.1 Å². The number of rotatable bonds is 8. The monoisotopic (exact) mass is 475 g/mol. The van der Waals surface area contributed by atoms with Gasteiger partial charge < -0.3 is 14.8 Å². The Hall–Kier alpha value is -3.82. The second-order valence-corrected chi connectivity index (χ2v) is 7.36. The molecular weight excluding hydrogens is 451 g/mol.